The van der Waals surface area contributed by atoms with E-state index in [9.17, 15) is 0 Å². The fraction of sp³-hybridized carbons (Fsp3) is 0.625. The molecule has 1 aromatic carbocycles. The molecule has 0 heterocycles. The van der Waals surface area contributed by atoms with Crippen molar-refractivity contribution in [2.45, 2.75) is 52.4 Å². The van der Waals surface area contributed by atoms with Crippen LogP contribution in [0.5, 0.6) is 0 Å². The number of benzene rings is 1. The number of hydrogen-bond donors (Lipinski definition) is 1. The molecule has 0 aliphatic heterocycles. The van der Waals surface area contributed by atoms with Gasteiger partial charge in [-0.15, -0.1) is 0 Å². The van der Waals surface area contributed by atoms with Crippen molar-refractivity contribution >= 4 is 0 Å². The van der Waals surface area contributed by atoms with Gasteiger partial charge in [0.15, 0.2) is 0 Å². The molecule has 1 atom stereocenters. The lowest BCUT2D eigenvalue weighted by Crippen LogP contribution is -2.17. The van der Waals surface area contributed by atoms with Crippen molar-refractivity contribution in [3.63, 3.8) is 0 Å². The Morgan fingerprint density at radius 1 is 1.00 bits per heavy atom. The summed E-state index contributed by atoms with van der Waals surface area (Å²) in [5, 5.41) is 3.47. The normalized spacial score (nSPS) is 12.6. The molecule has 0 aliphatic rings. The van der Waals surface area contributed by atoms with Gasteiger partial charge in [0, 0.05) is 0 Å². The predicted molar refractivity (Wildman–Crippen MR) is 76.6 cm³/mol. The summed E-state index contributed by atoms with van der Waals surface area (Å²) in [4.78, 5) is 0. The first-order valence-electron chi connectivity index (χ1n) is 7.07. The van der Waals surface area contributed by atoms with Crippen molar-refractivity contribution in [2.75, 3.05) is 13.1 Å². The number of hydrogen-bond acceptors (Lipinski definition) is 1. The Bertz CT molecular complexity index is 289. The Morgan fingerprint density at radius 2 is 1.71 bits per heavy atom. The molecule has 0 saturated heterocycles. The monoisotopic (exact) mass is 233 g/mol. The van der Waals surface area contributed by atoms with Crippen LogP contribution in [0.25, 0.3) is 0 Å². The largest absolute Gasteiger partial charge is 0.317 e. The van der Waals surface area contributed by atoms with Crippen LogP contribution < -0.4 is 5.32 Å². The Hall–Kier alpha value is -0.820. The summed E-state index contributed by atoms with van der Waals surface area (Å²) < 4.78 is 0. The molecular weight excluding hydrogens is 206 g/mol. The van der Waals surface area contributed by atoms with Crippen LogP contribution in [-0.2, 0) is 6.42 Å². The van der Waals surface area contributed by atoms with Crippen molar-refractivity contribution in [3.8, 4) is 0 Å². The van der Waals surface area contributed by atoms with Crippen LogP contribution in [0, 0.1) is 0 Å². The van der Waals surface area contributed by atoms with Gasteiger partial charge < -0.3 is 5.32 Å². The molecule has 1 nitrogen and oxygen atoms in total. The second kappa shape index (κ2) is 8.30. The fourth-order valence-corrected chi connectivity index (χ4v) is 2.09. The van der Waals surface area contributed by atoms with E-state index in [1.165, 1.54) is 36.8 Å². The molecular formula is C16H27N. The minimum absolute atomic E-state index is 0.662. The van der Waals surface area contributed by atoms with Crippen LogP contribution in [0.2, 0.25) is 0 Å². The summed E-state index contributed by atoms with van der Waals surface area (Å²) in [6.45, 7) is 9.04. The van der Waals surface area contributed by atoms with Crippen molar-refractivity contribution < 1.29 is 0 Å². The van der Waals surface area contributed by atoms with Crippen LogP contribution >= 0.6 is 0 Å². The van der Waals surface area contributed by atoms with Gasteiger partial charge in [0.1, 0.15) is 0 Å². The molecule has 0 aliphatic carbocycles. The van der Waals surface area contributed by atoms with Crippen LogP contribution in [0.4, 0.5) is 0 Å². The first-order chi connectivity index (χ1) is 8.27. The van der Waals surface area contributed by atoms with E-state index in [0.29, 0.717) is 5.92 Å². The SMILES string of the molecule is CCCNCCC(C)c1ccc(CCC)cc1. The Labute approximate surface area is 107 Å². The van der Waals surface area contributed by atoms with E-state index in [1.54, 1.807) is 0 Å². The lowest BCUT2D eigenvalue weighted by molar-refractivity contribution is 0.590. The average Bonchev–Trinajstić information content (AvgIpc) is 2.36. The van der Waals surface area contributed by atoms with E-state index in [4.69, 9.17) is 0 Å². The maximum atomic E-state index is 3.47. The molecule has 0 radical (unpaired) electrons. The van der Waals surface area contributed by atoms with Crippen LogP contribution in [0.3, 0.4) is 0 Å². The Morgan fingerprint density at radius 3 is 2.29 bits per heavy atom. The molecule has 0 spiro atoms. The molecule has 1 rings (SSSR count). The molecule has 1 unspecified atom stereocenters. The van der Waals surface area contributed by atoms with Crippen molar-refractivity contribution in [1.29, 1.82) is 0 Å². The summed E-state index contributed by atoms with van der Waals surface area (Å²) in [5.74, 6) is 0.662. The topological polar surface area (TPSA) is 12.0 Å². The van der Waals surface area contributed by atoms with Gasteiger partial charge in [0.05, 0.1) is 0 Å². The average molecular weight is 233 g/mol. The lowest BCUT2D eigenvalue weighted by Gasteiger charge is -2.13. The second-order valence-corrected chi connectivity index (χ2v) is 4.93. The summed E-state index contributed by atoms with van der Waals surface area (Å²) in [5.41, 5.74) is 2.94. The maximum Gasteiger partial charge on any atom is -0.00432 e. The molecule has 0 aromatic heterocycles. The fourth-order valence-electron chi connectivity index (χ4n) is 2.09. The van der Waals surface area contributed by atoms with Crippen molar-refractivity contribution in [2.24, 2.45) is 0 Å². The minimum atomic E-state index is 0.662. The van der Waals surface area contributed by atoms with E-state index in [1.807, 2.05) is 0 Å². The number of aryl methyl sites for hydroxylation is 1. The van der Waals surface area contributed by atoms with Crippen LogP contribution in [0.15, 0.2) is 24.3 Å². The predicted octanol–water partition coefficient (Wildman–Crippen LogP) is 4.13. The van der Waals surface area contributed by atoms with Crippen molar-refractivity contribution in [1.82, 2.24) is 5.32 Å². The molecule has 0 bridgehead atoms. The summed E-state index contributed by atoms with van der Waals surface area (Å²) in [6.07, 6.45) is 4.88. The van der Waals surface area contributed by atoms with Gasteiger partial charge in [-0.05, 0) is 49.4 Å². The first-order valence-corrected chi connectivity index (χ1v) is 7.07. The van der Waals surface area contributed by atoms with E-state index < -0.39 is 0 Å². The third-order valence-corrected chi connectivity index (χ3v) is 3.27. The highest BCUT2D eigenvalue weighted by atomic mass is 14.8. The minimum Gasteiger partial charge on any atom is -0.317 e. The van der Waals surface area contributed by atoms with E-state index >= 15 is 0 Å². The zero-order valence-corrected chi connectivity index (χ0v) is 11.6. The summed E-state index contributed by atoms with van der Waals surface area (Å²) >= 11 is 0. The molecule has 17 heavy (non-hydrogen) atoms. The summed E-state index contributed by atoms with van der Waals surface area (Å²) in [7, 11) is 0. The zero-order chi connectivity index (χ0) is 12.5. The molecule has 96 valence electrons. The third-order valence-electron chi connectivity index (χ3n) is 3.27. The third kappa shape index (κ3) is 5.36. The standard InChI is InChI=1S/C16H27N/c1-4-6-15-7-9-16(10-8-15)14(3)11-13-17-12-5-2/h7-10,14,17H,4-6,11-13H2,1-3H3. The quantitative estimate of drug-likeness (QED) is 0.666. The molecule has 0 amide bonds. The zero-order valence-electron chi connectivity index (χ0n) is 11.6. The van der Waals surface area contributed by atoms with E-state index in [2.05, 4.69) is 50.4 Å². The van der Waals surface area contributed by atoms with Crippen LogP contribution in [0.1, 0.15) is 57.1 Å². The highest BCUT2D eigenvalue weighted by Gasteiger charge is 2.04. The van der Waals surface area contributed by atoms with Crippen molar-refractivity contribution in [3.05, 3.63) is 35.4 Å². The van der Waals surface area contributed by atoms with Gasteiger partial charge in [0.2, 0.25) is 0 Å². The summed E-state index contributed by atoms with van der Waals surface area (Å²) in [6, 6.07) is 9.18. The number of rotatable bonds is 8. The van der Waals surface area contributed by atoms with Gasteiger partial charge in [-0.25, -0.2) is 0 Å². The Balaban J connectivity index is 2.37. The molecule has 1 aromatic rings. The van der Waals surface area contributed by atoms with Crippen LogP contribution in [-0.4, -0.2) is 13.1 Å². The number of nitrogens with one attached hydrogen (secondary N) is 1. The molecule has 0 fully saturated rings. The first kappa shape index (κ1) is 14.2. The van der Waals surface area contributed by atoms with E-state index in [-0.39, 0.29) is 0 Å². The molecule has 1 heteroatoms. The van der Waals surface area contributed by atoms with E-state index in [0.717, 1.165) is 13.1 Å². The second-order valence-electron chi connectivity index (χ2n) is 4.93. The maximum absolute atomic E-state index is 3.47. The van der Waals surface area contributed by atoms with Gasteiger partial charge in [-0.3, -0.25) is 0 Å². The molecule has 0 saturated carbocycles. The highest BCUT2D eigenvalue weighted by Crippen LogP contribution is 2.19. The van der Waals surface area contributed by atoms with Gasteiger partial charge in [-0.1, -0.05) is 51.5 Å². The Kier molecular flexibility index (Phi) is 6.95. The van der Waals surface area contributed by atoms with Gasteiger partial charge >= 0.3 is 0 Å². The smallest absolute Gasteiger partial charge is 0.00432 e. The van der Waals surface area contributed by atoms with Gasteiger partial charge in [0.25, 0.3) is 0 Å². The lowest BCUT2D eigenvalue weighted by atomic mass is 9.96. The van der Waals surface area contributed by atoms with Gasteiger partial charge in [-0.2, -0.15) is 0 Å². The highest BCUT2D eigenvalue weighted by molar-refractivity contribution is 5.25. The molecule has 1 N–H and O–H groups in total.